The van der Waals surface area contributed by atoms with Crippen molar-refractivity contribution in [3.05, 3.63) is 35.4 Å². The molecule has 1 atom stereocenters. The molecule has 0 saturated carbocycles. The van der Waals surface area contributed by atoms with Gasteiger partial charge in [0.25, 0.3) is 0 Å². The Labute approximate surface area is 104 Å². The number of benzene rings is 1. The average Bonchev–Trinajstić information content (AvgIpc) is 2.26. The Morgan fingerprint density at radius 2 is 1.81 bits per heavy atom. The van der Waals surface area contributed by atoms with Gasteiger partial charge >= 0.3 is 0 Å². The Kier molecular flexibility index (Phi) is 7.02. The van der Waals surface area contributed by atoms with Gasteiger partial charge in [-0.3, -0.25) is 4.79 Å². The van der Waals surface area contributed by atoms with Crippen molar-refractivity contribution in [2.24, 2.45) is 0 Å². The number of halogens is 1. The van der Waals surface area contributed by atoms with Crippen LogP contribution in [0.1, 0.15) is 36.2 Å². The second-order valence-corrected chi connectivity index (χ2v) is 3.75. The lowest BCUT2D eigenvalue weighted by molar-refractivity contribution is 0.0941. The van der Waals surface area contributed by atoms with Crippen LogP contribution in [-0.4, -0.2) is 18.4 Å². The minimum Gasteiger partial charge on any atom is -0.307 e. The number of nitrogens with one attached hydrogen (secondary N) is 1. The summed E-state index contributed by atoms with van der Waals surface area (Å²) in [5, 5.41) is 3.20. The van der Waals surface area contributed by atoms with Crippen molar-refractivity contribution < 1.29 is 4.79 Å². The largest absolute Gasteiger partial charge is 0.307 e. The van der Waals surface area contributed by atoms with Crippen molar-refractivity contribution in [3.8, 4) is 0 Å². The fourth-order valence-electron chi connectivity index (χ4n) is 1.59. The molecule has 0 aromatic heterocycles. The predicted octanol–water partition coefficient (Wildman–Crippen LogP) is 2.99. The smallest absolute Gasteiger partial charge is 0.179 e. The first-order valence-electron chi connectivity index (χ1n) is 5.53. The highest BCUT2D eigenvalue weighted by Gasteiger charge is 2.16. The van der Waals surface area contributed by atoms with E-state index in [2.05, 4.69) is 5.32 Å². The standard InChI is InChI=1S/C13H19NO.ClH/c1-4-12(14-5-2)13(15)11-8-6-10(3)7-9-11;/h6-9,12,14H,4-5H2,1-3H3;1H. The molecule has 0 radical (unpaired) electrons. The maximum absolute atomic E-state index is 12.0. The lowest BCUT2D eigenvalue weighted by Gasteiger charge is -2.14. The van der Waals surface area contributed by atoms with Crippen molar-refractivity contribution >= 4 is 18.2 Å². The lowest BCUT2D eigenvalue weighted by atomic mass is 10.0. The summed E-state index contributed by atoms with van der Waals surface area (Å²) in [6.07, 6.45) is 0.834. The Balaban J connectivity index is 0.00000225. The first kappa shape index (κ1) is 15.1. The number of hydrogen-bond donors (Lipinski definition) is 1. The molecular weight excluding hydrogens is 222 g/mol. The van der Waals surface area contributed by atoms with Crippen LogP contribution in [0.25, 0.3) is 0 Å². The number of carbonyl (C=O) groups excluding carboxylic acids is 1. The van der Waals surface area contributed by atoms with Gasteiger partial charge in [-0.25, -0.2) is 0 Å². The zero-order valence-corrected chi connectivity index (χ0v) is 10.9. The Hall–Kier alpha value is -0.860. The molecular formula is C13H20ClNO. The molecule has 0 aliphatic heterocycles. The van der Waals surface area contributed by atoms with Crippen molar-refractivity contribution in [1.29, 1.82) is 0 Å². The van der Waals surface area contributed by atoms with E-state index in [1.54, 1.807) is 0 Å². The minimum absolute atomic E-state index is 0. The van der Waals surface area contributed by atoms with Crippen LogP contribution in [0.5, 0.6) is 0 Å². The number of ketones is 1. The number of Topliss-reactive ketones (excluding diaryl/α,β-unsaturated/α-hetero) is 1. The highest BCUT2D eigenvalue weighted by molar-refractivity contribution is 6.00. The third-order valence-electron chi connectivity index (χ3n) is 2.51. The molecule has 16 heavy (non-hydrogen) atoms. The van der Waals surface area contributed by atoms with Gasteiger partial charge in [0, 0.05) is 5.56 Å². The molecule has 1 aromatic carbocycles. The van der Waals surface area contributed by atoms with E-state index in [1.165, 1.54) is 5.56 Å². The SMILES string of the molecule is CCNC(CC)C(=O)c1ccc(C)cc1.Cl. The fourth-order valence-corrected chi connectivity index (χ4v) is 1.59. The van der Waals surface area contributed by atoms with Crippen LogP contribution in [0.4, 0.5) is 0 Å². The second-order valence-electron chi connectivity index (χ2n) is 3.75. The minimum atomic E-state index is -0.0438. The normalized spacial score (nSPS) is 11.7. The van der Waals surface area contributed by atoms with Gasteiger partial charge in [0.15, 0.2) is 5.78 Å². The molecule has 2 nitrogen and oxygen atoms in total. The quantitative estimate of drug-likeness (QED) is 0.803. The van der Waals surface area contributed by atoms with Gasteiger partial charge in [0.05, 0.1) is 6.04 Å². The molecule has 0 aliphatic carbocycles. The summed E-state index contributed by atoms with van der Waals surface area (Å²) in [5.41, 5.74) is 1.98. The van der Waals surface area contributed by atoms with E-state index in [0.29, 0.717) is 0 Å². The summed E-state index contributed by atoms with van der Waals surface area (Å²) in [7, 11) is 0. The number of hydrogen-bond acceptors (Lipinski definition) is 2. The van der Waals surface area contributed by atoms with Crippen molar-refractivity contribution in [1.82, 2.24) is 5.32 Å². The molecule has 0 heterocycles. The van der Waals surface area contributed by atoms with E-state index in [9.17, 15) is 4.79 Å². The van der Waals surface area contributed by atoms with E-state index in [0.717, 1.165) is 18.5 Å². The molecule has 1 unspecified atom stereocenters. The summed E-state index contributed by atoms with van der Waals surface area (Å²) in [6.45, 7) is 6.90. The van der Waals surface area contributed by atoms with Gasteiger partial charge in [0.1, 0.15) is 0 Å². The molecule has 0 saturated heterocycles. The molecule has 1 N–H and O–H groups in total. The zero-order valence-electron chi connectivity index (χ0n) is 10.1. The summed E-state index contributed by atoms with van der Waals surface area (Å²) >= 11 is 0. The Bertz CT molecular complexity index is 321. The average molecular weight is 242 g/mol. The molecule has 1 aromatic rings. The van der Waals surface area contributed by atoms with E-state index < -0.39 is 0 Å². The highest BCUT2D eigenvalue weighted by Crippen LogP contribution is 2.08. The molecule has 0 bridgehead atoms. The van der Waals surface area contributed by atoms with Gasteiger partial charge in [0.2, 0.25) is 0 Å². The zero-order chi connectivity index (χ0) is 11.3. The van der Waals surface area contributed by atoms with Crippen LogP contribution in [0.15, 0.2) is 24.3 Å². The Morgan fingerprint density at radius 1 is 1.25 bits per heavy atom. The van der Waals surface area contributed by atoms with E-state index >= 15 is 0 Å². The highest BCUT2D eigenvalue weighted by atomic mass is 35.5. The van der Waals surface area contributed by atoms with Gasteiger partial charge in [-0.15, -0.1) is 12.4 Å². The molecule has 0 aliphatic rings. The lowest BCUT2D eigenvalue weighted by Crippen LogP contribution is -2.35. The summed E-state index contributed by atoms with van der Waals surface area (Å²) in [4.78, 5) is 12.0. The first-order valence-corrected chi connectivity index (χ1v) is 5.53. The monoisotopic (exact) mass is 241 g/mol. The number of carbonyl (C=O) groups is 1. The third-order valence-corrected chi connectivity index (χ3v) is 2.51. The molecule has 3 heteroatoms. The van der Waals surface area contributed by atoms with Crippen molar-refractivity contribution in [2.75, 3.05) is 6.54 Å². The summed E-state index contributed by atoms with van der Waals surface area (Å²) < 4.78 is 0. The summed E-state index contributed by atoms with van der Waals surface area (Å²) in [5.74, 6) is 0.194. The molecule has 0 spiro atoms. The van der Waals surface area contributed by atoms with Crippen LogP contribution in [0, 0.1) is 6.92 Å². The van der Waals surface area contributed by atoms with E-state index in [1.807, 2.05) is 45.0 Å². The summed E-state index contributed by atoms with van der Waals surface area (Å²) in [6, 6.07) is 7.71. The van der Waals surface area contributed by atoms with Gasteiger partial charge in [-0.1, -0.05) is 43.7 Å². The predicted molar refractivity (Wildman–Crippen MR) is 70.5 cm³/mol. The number of aryl methyl sites for hydroxylation is 1. The maximum atomic E-state index is 12.0. The first-order chi connectivity index (χ1) is 7.19. The fraction of sp³-hybridized carbons (Fsp3) is 0.462. The van der Waals surface area contributed by atoms with E-state index in [4.69, 9.17) is 0 Å². The second kappa shape index (κ2) is 7.42. The maximum Gasteiger partial charge on any atom is 0.179 e. The van der Waals surface area contributed by atoms with Crippen molar-refractivity contribution in [2.45, 2.75) is 33.2 Å². The molecule has 90 valence electrons. The Morgan fingerprint density at radius 3 is 2.25 bits per heavy atom. The number of rotatable bonds is 5. The van der Waals surface area contributed by atoms with Crippen LogP contribution in [0.2, 0.25) is 0 Å². The van der Waals surface area contributed by atoms with Crippen LogP contribution < -0.4 is 5.32 Å². The van der Waals surface area contributed by atoms with Crippen LogP contribution in [0.3, 0.4) is 0 Å². The topological polar surface area (TPSA) is 29.1 Å². The molecule has 0 fully saturated rings. The van der Waals surface area contributed by atoms with Gasteiger partial charge in [-0.05, 0) is 19.9 Å². The third kappa shape index (κ3) is 3.95. The van der Waals surface area contributed by atoms with Crippen LogP contribution >= 0.6 is 12.4 Å². The van der Waals surface area contributed by atoms with Crippen LogP contribution in [-0.2, 0) is 0 Å². The van der Waals surface area contributed by atoms with Gasteiger partial charge in [-0.2, -0.15) is 0 Å². The van der Waals surface area contributed by atoms with E-state index in [-0.39, 0.29) is 24.2 Å². The van der Waals surface area contributed by atoms with Gasteiger partial charge < -0.3 is 5.32 Å². The molecule has 1 rings (SSSR count). The molecule has 0 amide bonds. The number of likely N-dealkylation sites (N-methyl/N-ethyl adjacent to an activating group) is 1. The van der Waals surface area contributed by atoms with Crippen molar-refractivity contribution in [3.63, 3.8) is 0 Å².